The highest BCUT2D eigenvalue weighted by molar-refractivity contribution is 8.18. The first-order chi connectivity index (χ1) is 12.6. The average Bonchev–Trinajstić information content (AvgIpc) is 2.96. The van der Waals surface area contributed by atoms with E-state index in [2.05, 4.69) is 30.2 Å². The van der Waals surface area contributed by atoms with Gasteiger partial charge in [0.2, 0.25) is 0 Å². The van der Waals surface area contributed by atoms with Crippen LogP contribution in [0.15, 0.2) is 52.4 Å². The van der Waals surface area contributed by atoms with Crippen LogP contribution in [0.2, 0.25) is 0 Å². The summed E-state index contributed by atoms with van der Waals surface area (Å²) in [4.78, 5) is 17.5. The third-order valence-corrected chi connectivity index (χ3v) is 4.80. The second-order valence-electron chi connectivity index (χ2n) is 6.16. The summed E-state index contributed by atoms with van der Waals surface area (Å²) in [7, 11) is 0. The lowest BCUT2D eigenvalue weighted by Gasteiger charge is -2.07. The van der Waals surface area contributed by atoms with Crippen LogP contribution in [0.5, 0.6) is 5.75 Å². The third kappa shape index (κ3) is 4.35. The standard InChI is InChI=1S/C21H22N2O2S/c1-4-11-25-18-8-6-5-7-16(18)13-19-20(24)23-21(26-19)22-17-10-9-14(2)12-15(17)3/h5-10,12-13H,4,11H2,1-3H3,(H,22,23,24)/b19-13-. The number of benzene rings is 2. The van der Waals surface area contributed by atoms with E-state index in [1.807, 2.05) is 49.4 Å². The number of nitrogens with zero attached hydrogens (tertiary/aromatic N) is 1. The number of carbonyl (C=O) groups excluding carboxylic acids is 1. The largest absolute Gasteiger partial charge is 0.493 e. The molecule has 1 fully saturated rings. The predicted molar refractivity (Wildman–Crippen MR) is 109 cm³/mol. The molecule has 26 heavy (non-hydrogen) atoms. The Morgan fingerprint density at radius 2 is 2.00 bits per heavy atom. The van der Waals surface area contributed by atoms with Gasteiger partial charge in [-0.15, -0.1) is 0 Å². The van der Waals surface area contributed by atoms with Crippen molar-refractivity contribution in [1.29, 1.82) is 0 Å². The molecule has 1 aliphatic heterocycles. The summed E-state index contributed by atoms with van der Waals surface area (Å²) in [6.07, 6.45) is 2.79. The predicted octanol–water partition coefficient (Wildman–Crippen LogP) is 4.98. The number of amidine groups is 1. The van der Waals surface area contributed by atoms with Crippen molar-refractivity contribution in [2.45, 2.75) is 27.2 Å². The van der Waals surface area contributed by atoms with Gasteiger partial charge < -0.3 is 10.1 Å². The minimum atomic E-state index is -0.135. The van der Waals surface area contributed by atoms with Gasteiger partial charge in [-0.05, 0) is 55.8 Å². The summed E-state index contributed by atoms with van der Waals surface area (Å²) in [5, 5.41) is 3.44. The quantitative estimate of drug-likeness (QED) is 0.759. The summed E-state index contributed by atoms with van der Waals surface area (Å²) >= 11 is 1.35. The van der Waals surface area contributed by atoms with Gasteiger partial charge in [0, 0.05) is 5.56 Å². The molecule has 0 saturated carbocycles. The van der Waals surface area contributed by atoms with E-state index >= 15 is 0 Å². The lowest BCUT2D eigenvalue weighted by Crippen LogP contribution is -2.19. The maximum atomic E-state index is 12.3. The van der Waals surface area contributed by atoms with Crippen LogP contribution in [0.1, 0.15) is 30.0 Å². The number of aliphatic imine (C=N–C) groups is 1. The Balaban J connectivity index is 1.84. The van der Waals surface area contributed by atoms with Gasteiger partial charge in [-0.25, -0.2) is 4.99 Å². The van der Waals surface area contributed by atoms with Crippen LogP contribution in [0, 0.1) is 13.8 Å². The van der Waals surface area contributed by atoms with E-state index in [1.54, 1.807) is 0 Å². The zero-order valence-electron chi connectivity index (χ0n) is 15.2. The highest BCUT2D eigenvalue weighted by Crippen LogP contribution is 2.31. The van der Waals surface area contributed by atoms with Gasteiger partial charge in [-0.1, -0.05) is 42.8 Å². The lowest BCUT2D eigenvalue weighted by molar-refractivity contribution is -0.115. The minimum Gasteiger partial charge on any atom is -0.493 e. The highest BCUT2D eigenvalue weighted by atomic mass is 32.2. The maximum Gasteiger partial charge on any atom is 0.264 e. The average molecular weight is 366 g/mol. The number of thioether (sulfide) groups is 1. The van der Waals surface area contributed by atoms with Crippen LogP contribution >= 0.6 is 11.8 Å². The Morgan fingerprint density at radius 1 is 1.19 bits per heavy atom. The number of hydrogen-bond donors (Lipinski definition) is 1. The normalized spacial score (nSPS) is 17.0. The summed E-state index contributed by atoms with van der Waals surface area (Å²) in [6, 6.07) is 13.8. The van der Waals surface area contributed by atoms with Gasteiger partial charge in [0.25, 0.3) is 5.91 Å². The van der Waals surface area contributed by atoms with Gasteiger partial charge in [-0.3, -0.25) is 4.79 Å². The fourth-order valence-corrected chi connectivity index (χ4v) is 3.43. The number of amides is 1. The Hall–Kier alpha value is -2.53. The molecule has 134 valence electrons. The van der Waals surface area contributed by atoms with E-state index in [0.717, 1.165) is 29.0 Å². The smallest absolute Gasteiger partial charge is 0.264 e. The summed E-state index contributed by atoms with van der Waals surface area (Å²) in [6.45, 7) is 6.79. The first kappa shape index (κ1) is 18.3. The number of hydrogen-bond acceptors (Lipinski definition) is 4. The first-order valence-corrected chi connectivity index (χ1v) is 9.47. The fraction of sp³-hybridized carbons (Fsp3) is 0.238. The van der Waals surface area contributed by atoms with E-state index in [0.29, 0.717) is 16.7 Å². The van der Waals surface area contributed by atoms with Gasteiger partial charge in [0.05, 0.1) is 17.2 Å². The maximum absolute atomic E-state index is 12.3. The van der Waals surface area contributed by atoms with E-state index < -0.39 is 0 Å². The van der Waals surface area contributed by atoms with E-state index in [4.69, 9.17) is 4.74 Å². The second kappa shape index (κ2) is 8.23. The van der Waals surface area contributed by atoms with Crippen LogP contribution < -0.4 is 10.1 Å². The van der Waals surface area contributed by atoms with Crippen molar-refractivity contribution in [3.63, 3.8) is 0 Å². The monoisotopic (exact) mass is 366 g/mol. The molecule has 0 radical (unpaired) electrons. The number of para-hydroxylation sites is 1. The van der Waals surface area contributed by atoms with Gasteiger partial charge in [0.1, 0.15) is 5.75 Å². The van der Waals surface area contributed by atoms with Gasteiger partial charge >= 0.3 is 0 Å². The summed E-state index contributed by atoms with van der Waals surface area (Å²) in [5.74, 6) is 0.652. The molecule has 1 aliphatic rings. The molecular weight excluding hydrogens is 344 g/mol. The number of nitrogens with one attached hydrogen (secondary N) is 1. The highest BCUT2D eigenvalue weighted by Gasteiger charge is 2.24. The van der Waals surface area contributed by atoms with Gasteiger partial charge in [0.15, 0.2) is 5.17 Å². The molecule has 1 heterocycles. The Morgan fingerprint density at radius 3 is 2.77 bits per heavy atom. The van der Waals surface area contributed by atoms with Crippen LogP contribution in [0.25, 0.3) is 6.08 Å². The van der Waals surface area contributed by atoms with E-state index in [1.165, 1.54) is 17.3 Å². The Kier molecular flexibility index (Phi) is 5.78. The number of ether oxygens (including phenoxy) is 1. The van der Waals surface area contributed by atoms with Crippen LogP contribution in [0.3, 0.4) is 0 Å². The molecule has 4 nitrogen and oxygen atoms in total. The molecule has 1 saturated heterocycles. The number of aryl methyl sites for hydroxylation is 2. The molecule has 0 unspecified atom stereocenters. The Bertz CT molecular complexity index is 887. The van der Waals surface area contributed by atoms with Crippen molar-refractivity contribution in [3.8, 4) is 5.75 Å². The second-order valence-corrected chi connectivity index (χ2v) is 7.19. The molecule has 0 spiro atoms. The molecule has 0 atom stereocenters. The molecule has 1 N–H and O–H groups in total. The van der Waals surface area contributed by atoms with Crippen molar-refractivity contribution in [1.82, 2.24) is 5.32 Å². The molecule has 0 aromatic heterocycles. The minimum absolute atomic E-state index is 0.135. The third-order valence-electron chi connectivity index (χ3n) is 3.89. The van der Waals surface area contributed by atoms with Crippen molar-refractivity contribution in [2.75, 3.05) is 6.61 Å². The van der Waals surface area contributed by atoms with Gasteiger partial charge in [-0.2, -0.15) is 0 Å². The summed E-state index contributed by atoms with van der Waals surface area (Å²) < 4.78 is 5.77. The van der Waals surface area contributed by atoms with Crippen molar-refractivity contribution < 1.29 is 9.53 Å². The van der Waals surface area contributed by atoms with Crippen molar-refractivity contribution >= 4 is 34.6 Å². The molecule has 5 heteroatoms. The molecule has 0 aliphatic carbocycles. The summed E-state index contributed by atoms with van der Waals surface area (Å²) in [5.41, 5.74) is 4.04. The van der Waals surface area contributed by atoms with E-state index in [9.17, 15) is 4.79 Å². The SMILES string of the molecule is CCCOc1ccccc1/C=C1\SC(=Nc2ccc(C)cc2C)NC1=O. The Labute approximate surface area is 158 Å². The molecule has 1 amide bonds. The van der Waals surface area contributed by atoms with Crippen molar-refractivity contribution in [2.24, 2.45) is 4.99 Å². The molecule has 0 bridgehead atoms. The molecule has 2 aromatic carbocycles. The van der Waals surface area contributed by atoms with E-state index in [-0.39, 0.29) is 5.91 Å². The van der Waals surface area contributed by atoms with Crippen LogP contribution in [0.4, 0.5) is 5.69 Å². The lowest BCUT2D eigenvalue weighted by atomic mass is 10.1. The topological polar surface area (TPSA) is 50.7 Å². The molecule has 2 aromatic rings. The van der Waals surface area contributed by atoms with Crippen molar-refractivity contribution in [3.05, 3.63) is 64.1 Å². The molecule has 3 rings (SSSR count). The zero-order chi connectivity index (χ0) is 18.5. The zero-order valence-corrected chi connectivity index (χ0v) is 16.0. The molecular formula is C21H22N2O2S. The number of rotatable bonds is 5. The fourth-order valence-electron chi connectivity index (χ4n) is 2.61. The first-order valence-electron chi connectivity index (χ1n) is 8.65. The number of carbonyl (C=O) groups is 1. The van der Waals surface area contributed by atoms with Crippen LogP contribution in [-0.2, 0) is 4.79 Å². The van der Waals surface area contributed by atoms with Crippen LogP contribution in [-0.4, -0.2) is 17.7 Å².